The fourth-order valence-corrected chi connectivity index (χ4v) is 3.36. The number of carbonyl (C=O) groups excluding carboxylic acids is 2. The molecule has 2 atom stereocenters. The Balaban J connectivity index is 2.82. The van der Waals surface area contributed by atoms with Crippen LogP contribution in [0.15, 0.2) is 0 Å². The molecule has 1 rings (SSSR count). The van der Waals surface area contributed by atoms with E-state index >= 15 is 0 Å². The van der Waals surface area contributed by atoms with E-state index in [2.05, 4.69) is 5.32 Å². The van der Waals surface area contributed by atoms with Crippen LogP contribution < -0.4 is 5.32 Å². The summed E-state index contributed by atoms with van der Waals surface area (Å²) >= 11 is 1.54. The van der Waals surface area contributed by atoms with Crippen LogP contribution in [0, 0.1) is 5.92 Å². The van der Waals surface area contributed by atoms with Crippen molar-refractivity contribution in [2.24, 2.45) is 5.92 Å². The second kappa shape index (κ2) is 7.15. The molecule has 2 amide bonds. The third-order valence-electron chi connectivity index (χ3n) is 4.01. The molecule has 1 aliphatic rings. The molecule has 0 aliphatic carbocycles. The predicted octanol–water partition coefficient (Wildman–Crippen LogP) is 1.30. The summed E-state index contributed by atoms with van der Waals surface area (Å²) in [6.45, 7) is 7.25. The first-order valence-corrected chi connectivity index (χ1v) is 8.27. The lowest BCUT2D eigenvalue weighted by Crippen LogP contribution is -2.57. The summed E-state index contributed by atoms with van der Waals surface area (Å²) in [6.07, 6.45) is 0.221. The molecule has 1 aliphatic heterocycles. The number of carbonyl (C=O) groups is 3. The average molecular weight is 316 g/mol. The third kappa shape index (κ3) is 4.36. The summed E-state index contributed by atoms with van der Waals surface area (Å²) < 4.78 is 0. The number of rotatable bonds is 6. The summed E-state index contributed by atoms with van der Waals surface area (Å²) in [5.74, 6) is -0.222. The van der Waals surface area contributed by atoms with Gasteiger partial charge in [0.1, 0.15) is 6.04 Å². The van der Waals surface area contributed by atoms with Gasteiger partial charge >= 0.3 is 5.97 Å². The maximum Gasteiger partial charge on any atom is 0.305 e. The van der Waals surface area contributed by atoms with Crippen molar-refractivity contribution >= 4 is 29.5 Å². The highest BCUT2D eigenvalue weighted by Gasteiger charge is 2.39. The molecule has 0 spiro atoms. The van der Waals surface area contributed by atoms with E-state index < -0.39 is 17.6 Å². The van der Waals surface area contributed by atoms with Gasteiger partial charge in [0.05, 0.1) is 17.8 Å². The van der Waals surface area contributed by atoms with Crippen LogP contribution in [-0.4, -0.2) is 51.0 Å². The first kappa shape index (κ1) is 17.8. The van der Waals surface area contributed by atoms with Gasteiger partial charge in [-0.25, -0.2) is 0 Å². The summed E-state index contributed by atoms with van der Waals surface area (Å²) in [5, 5.41) is 11.9. The number of hydrogen-bond acceptors (Lipinski definition) is 4. The fourth-order valence-electron chi connectivity index (χ4n) is 2.18. The minimum absolute atomic E-state index is 0.0260. The molecule has 7 heteroatoms. The van der Waals surface area contributed by atoms with Crippen LogP contribution in [0.25, 0.3) is 0 Å². The van der Waals surface area contributed by atoms with E-state index in [1.807, 2.05) is 13.8 Å². The van der Waals surface area contributed by atoms with Gasteiger partial charge in [0, 0.05) is 12.2 Å². The van der Waals surface area contributed by atoms with Crippen molar-refractivity contribution < 1.29 is 19.5 Å². The molecule has 0 bridgehead atoms. The molecule has 0 aromatic heterocycles. The van der Waals surface area contributed by atoms with Gasteiger partial charge in [0.2, 0.25) is 11.8 Å². The van der Waals surface area contributed by atoms with Gasteiger partial charge in [0.15, 0.2) is 0 Å². The molecule has 0 aromatic carbocycles. The zero-order valence-electron chi connectivity index (χ0n) is 13.0. The molecule has 6 nitrogen and oxygen atoms in total. The number of thioether (sulfide) groups is 1. The van der Waals surface area contributed by atoms with E-state index in [0.717, 1.165) is 0 Å². The Bertz CT molecular complexity index is 427. The first-order chi connectivity index (χ1) is 9.71. The molecule has 21 heavy (non-hydrogen) atoms. The quantitative estimate of drug-likeness (QED) is 0.771. The minimum atomic E-state index is -0.950. The van der Waals surface area contributed by atoms with Gasteiger partial charge in [-0.05, 0) is 12.8 Å². The van der Waals surface area contributed by atoms with Gasteiger partial charge in [-0.15, -0.1) is 11.8 Å². The predicted molar refractivity (Wildman–Crippen MR) is 81.9 cm³/mol. The summed E-state index contributed by atoms with van der Waals surface area (Å²) in [5.41, 5.74) is -0.822. The largest absolute Gasteiger partial charge is 0.481 e. The van der Waals surface area contributed by atoms with E-state index in [9.17, 15) is 14.4 Å². The highest BCUT2D eigenvalue weighted by Crippen LogP contribution is 2.25. The Labute approximate surface area is 129 Å². The average Bonchev–Trinajstić information content (AvgIpc) is 2.85. The van der Waals surface area contributed by atoms with Gasteiger partial charge in [-0.2, -0.15) is 0 Å². The Morgan fingerprint density at radius 1 is 1.43 bits per heavy atom. The summed E-state index contributed by atoms with van der Waals surface area (Å²) in [4.78, 5) is 36.9. The lowest BCUT2D eigenvalue weighted by molar-refractivity contribution is -0.142. The van der Waals surface area contributed by atoms with Crippen molar-refractivity contribution in [3.8, 4) is 0 Å². The standard InChI is InChI=1S/C14H24N2O4S/c1-5-11(17)16-8-21-7-10(16)13(20)15-14(4,9(2)3)6-12(18)19/h9-10H,5-8H2,1-4H3,(H,15,20)(H,18,19). The number of hydrogen-bond donors (Lipinski definition) is 2. The van der Waals surface area contributed by atoms with Crippen molar-refractivity contribution in [3.63, 3.8) is 0 Å². The highest BCUT2D eigenvalue weighted by molar-refractivity contribution is 7.99. The van der Waals surface area contributed by atoms with Crippen molar-refractivity contribution in [2.45, 2.75) is 52.1 Å². The van der Waals surface area contributed by atoms with Crippen molar-refractivity contribution in [1.29, 1.82) is 0 Å². The molecule has 0 radical (unpaired) electrons. The molecule has 0 saturated carbocycles. The second-order valence-corrected chi connectivity index (χ2v) is 6.86. The molecule has 1 fully saturated rings. The molecule has 2 unspecified atom stereocenters. The molecule has 1 saturated heterocycles. The second-order valence-electron chi connectivity index (χ2n) is 5.86. The number of carboxylic acid groups (broad SMARTS) is 1. The molecule has 2 N–H and O–H groups in total. The topological polar surface area (TPSA) is 86.7 Å². The normalized spacial score (nSPS) is 21.2. The smallest absolute Gasteiger partial charge is 0.305 e. The van der Waals surface area contributed by atoms with E-state index in [-0.39, 0.29) is 24.2 Å². The van der Waals surface area contributed by atoms with E-state index in [4.69, 9.17) is 5.11 Å². The Morgan fingerprint density at radius 3 is 2.52 bits per heavy atom. The SMILES string of the molecule is CCC(=O)N1CSCC1C(=O)NC(C)(CC(=O)O)C(C)C. The number of carboxylic acids is 1. The lowest BCUT2D eigenvalue weighted by Gasteiger charge is -2.35. The highest BCUT2D eigenvalue weighted by atomic mass is 32.2. The molecule has 120 valence electrons. The van der Waals surface area contributed by atoms with Gasteiger partial charge in [-0.1, -0.05) is 20.8 Å². The number of aliphatic carboxylic acids is 1. The van der Waals surface area contributed by atoms with E-state index in [1.54, 1.807) is 18.7 Å². The number of amides is 2. The maximum absolute atomic E-state index is 12.5. The summed E-state index contributed by atoms with van der Waals surface area (Å²) in [7, 11) is 0. The Morgan fingerprint density at radius 2 is 2.05 bits per heavy atom. The van der Waals surface area contributed by atoms with Gasteiger partial charge in [-0.3, -0.25) is 14.4 Å². The van der Waals surface area contributed by atoms with Crippen molar-refractivity contribution in [1.82, 2.24) is 10.2 Å². The molecule has 1 heterocycles. The minimum Gasteiger partial charge on any atom is -0.481 e. The zero-order valence-corrected chi connectivity index (χ0v) is 13.8. The number of nitrogens with one attached hydrogen (secondary N) is 1. The maximum atomic E-state index is 12.5. The van der Waals surface area contributed by atoms with Gasteiger partial charge in [0.25, 0.3) is 0 Å². The number of nitrogens with zero attached hydrogens (tertiary/aromatic N) is 1. The fraction of sp³-hybridized carbons (Fsp3) is 0.786. The van der Waals surface area contributed by atoms with Crippen molar-refractivity contribution in [3.05, 3.63) is 0 Å². The van der Waals surface area contributed by atoms with Gasteiger partial charge < -0.3 is 15.3 Å². The monoisotopic (exact) mass is 316 g/mol. The van der Waals surface area contributed by atoms with Crippen LogP contribution in [0.5, 0.6) is 0 Å². The van der Waals surface area contributed by atoms with E-state index in [1.165, 1.54) is 11.8 Å². The summed E-state index contributed by atoms with van der Waals surface area (Å²) in [6, 6.07) is -0.505. The Hall–Kier alpha value is -1.24. The Kier molecular flexibility index (Phi) is 6.07. The third-order valence-corrected chi connectivity index (χ3v) is 5.02. The van der Waals surface area contributed by atoms with Crippen LogP contribution >= 0.6 is 11.8 Å². The first-order valence-electron chi connectivity index (χ1n) is 7.12. The molecular weight excluding hydrogens is 292 g/mol. The zero-order chi connectivity index (χ0) is 16.2. The lowest BCUT2D eigenvalue weighted by atomic mass is 9.85. The van der Waals surface area contributed by atoms with Crippen LogP contribution in [0.3, 0.4) is 0 Å². The molecule has 0 aromatic rings. The molecular formula is C14H24N2O4S. The van der Waals surface area contributed by atoms with E-state index in [0.29, 0.717) is 18.1 Å². The van der Waals surface area contributed by atoms with Crippen LogP contribution in [-0.2, 0) is 14.4 Å². The van der Waals surface area contributed by atoms with Crippen LogP contribution in [0.1, 0.15) is 40.5 Å². The van der Waals surface area contributed by atoms with Crippen LogP contribution in [0.2, 0.25) is 0 Å². The van der Waals surface area contributed by atoms with Crippen molar-refractivity contribution in [2.75, 3.05) is 11.6 Å². The van der Waals surface area contributed by atoms with Crippen LogP contribution in [0.4, 0.5) is 0 Å².